The van der Waals surface area contributed by atoms with Crippen LogP contribution in [0.1, 0.15) is 13.3 Å². The Morgan fingerprint density at radius 1 is 1.22 bits per heavy atom. The number of hydrogen-bond acceptors (Lipinski definition) is 4. The molecule has 0 aliphatic carbocycles. The highest BCUT2D eigenvalue weighted by Gasteiger charge is 2.30. The predicted octanol–water partition coefficient (Wildman–Crippen LogP) is 1.91. The van der Waals surface area contributed by atoms with Crippen LogP contribution in [-0.2, 0) is 14.6 Å². The topological polar surface area (TPSA) is 72.5 Å². The van der Waals surface area contributed by atoms with Gasteiger partial charge in [-0.3, -0.25) is 4.79 Å². The summed E-state index contributed by atoms with van der Waals surface area (Å²) in [6.07, 6.45) is -0.212. The lowest BCUT2D eigenvalue weighted by Crippen LogP contribution is -2.43. The van der Waals surface area contributed by atoms with Crippen LogP contribution in [0.4, 0.5) is 0 Å². The maximum absolute atomic E-state index is 12.1. The molecular formula is C17H19NO4S. The largest absolute Gasteiger partial charge is 0.481 e. The molecule has 0 radical (unpaired) electrons. The van der Waals surface area contributed by atoms with Crippen LogP contribution >= 0.6 is 0 Å². The quantitative estimate of drug-likeness (QED) is 0.928. The molecule has 1 N–H and O–H groups in total. The summed E-state index contributed by atoms with van der Waals surface area (Å²) >= 11 is 0. The molecule has 0 aromatic heterocycles. The van der Waals surface area contributed by atoms with E-state index in [0.29, 0.717) is 12.2 Å². The minimum atomic E-state index is -3.01. The van der Waals surface area contributed by atoms with Gasteiger partial charge >= 0.3 is 0 Å². The zero-order valence-electron chi connectivity index (χ0n) is 12.9. The van der Waals surface area contributed by atoms with Crippen LogP contribution in [0, 0.1) is 0 Å². The van der Waals surface area contributed by atoms with Gasteiger partial charge < -0.3 is 10.1 Å². The third kappa shape index (κ3) is 3.82. The Morgan fingerprint density at radius 3 is 2.65 bits per heavy atom. The first-order chi connectivity index (χ1) is 10.9. The summed E-state index contributed by atoms with van der Waals surface area (Å²) in [5, 5.41) is 4.89. The van der Waals surface area contributed by atoms with Crippen LogP contribution < -0.4 is 10.1 Å². The highest BCUT2D eigenvalue weighted by molar-refractivity contribution is 7.91. The number of carbonyl (C=O) groups is 1. The maximum atomic E-state index is 12.1. The van der Waals surface area contributed by atoms with Crippen LogP contribution in [0.3, 0.4) is 0 Å². The van der Waals surface area contributed by atoms with Crippen molar-refractivity contribution in [3.8, 4) is 5.75 Å². The zero-order valence-corrected chi connectivity index (χ0v) is 13.7. The van der Waals surface area contributed by atoms with Gasteiger partial charge in [-0.15, -0.1) is 0 Å². The van der Waals surface area contributed by atoms with Crippen molar-refractivity contribution in [2.45, 2.75) is 25.5 Å². The van der Waals surface area contributed by atoms with Gasteiger partial charge in [0.25, 0.3) is 5.91 Å². The van der Waals surface area contributed by atoms with Crippen molar-refractivity contribution in [3.63, 3.8) is 0 Å². The van der Waals surface area contributed by atoms with Crippen molar-refractivity contribution in [1.82, 2.24) is 5.32 Å². The number of fused-ring (bicyclic) bond motifs is 1. The summed E-state index contributed by atoms with van der Waals surface area (Å²) in [6.45, 7) is 1.66. The Hall–Kier alpha value is -2.08. The lowest BCUT2D eigenvalue weighted by atomic mass is 10.1. The second-order valence-electron chi connectivity index (χ2n) is 5.88. The van der Waals surface area contributed by atoms with Crippen molar-refractivity contribution in [2.75, 3.05) is 11.5 Å². The summed E-state index contributed by atoms with van der Waals surface area (Å²) in [5.41, 5.74) is 0. The van der Waals surface area contributed by atoms with Crippen LogP contribution in [0.2, 0.25) is 0 Å². The average molecular weight is 333 g/mol. The van der Waals surface area contributed by atoms with E-state index in [4.69, 9.17) is 4.74 Å². The van der Waals surface area contributed by atoms with E-state index in [-0.39, 0.29) is 23.5 Å². The number of amides is 1. The second kappa shape index (κ2) is 6.20. The summed E-state index contributed by atoms with van der Waals surface area (Å²) < 4.78 is 28.5. The van der Waals surface area contributed by atoms with Gasteiger partial charge in [0.2, 0.25) is 0 Å². The average Bonchev–Trinajstić information content (AvgIpc) is 2.86. The van der Waals surface area contributed by atoms with Crippen LogP contribution in [-0.4, -0.2) is 38.0 Å². The molecule has 1 amide bonds. The normalized spacial score (nSPS) is 21.0. The second-order valence-corrected chi connectivity index (χ2v) is 8.11. The van der Waals surface area contributed by atoms with Crippen LogP contribution in [0.5, 0.6) is 5.75 Å². The molecular weight excluding hydrogens is 314 g/mol. The number of rotatable bonds is 4. The van der Waals surface area contributed by atoms with Crippen LogP contribution in [0.15, 0.2) is 42.5 Å². The maximum Gasteiger partial charge on any atom is 0.261 e. The molecule has 0 saturated carbocycles. The summed E-state index contributed by atoms with van der Waals surface area (Å²) in [7, 11) is -3.01. The van der Waals surface area contributed by atoms with Gasteiger partial charge in [0, 0.05) is 6.04 Å². The molecule has 2 atom stereocenters. The monoisotopic (exact) mass is 333 g/mol. The molecule has 23 heavy (non-hydrogen) atoms. The Balaban J connectivity index is 1.63. The molecule has 1 heterocycles. The first-order valence-corrected chi connectivity index (χ1v) is 9.41. The van der Waals surface area contributed by atoms with Gasteiger partial charge in [-0.05, 0) is 36.2 Å². The lowest BCUT2D eigenvalue weighted by molar-refractivity contribution is -0.127. The SMILES string of the molecule is CC(Oc1ccc2ccccc2c1)C(=O)NC1CCS(=O)(=O)C1. The van der Waals surface area contributed by atoms with Gasteiger partial charge in [0.1, 0.15) is 5.75 Å². The highest BCUT2D eigenvalue weighted by Crippen LogP contribution is 2.21. The van der Waals surface area contributed by atoms with E-state index in [0.717, 1.165) is 10.8 Å². The van der Waals surface area contributed by atoms with E-state index >= 15 is 0 Å². The van der Waals surface area contributed by atoms with E-state index in [1.165, 1.54) is 0 Å². The predicted molar refractivity (Wildman–Crippen MR) is 89.2 cm³/mol. The number of hydrogen-bond donors (Lipinski definition) is 1. The highest BCUT2D eigenvalue weighted by atomic mass is 32.2. The van der Waals surface area contributed by atoms with Crippen molar-refractivity contribution in [2.24, 2.45) is 0 Å². The molecule has 2 aromatic rings. The molecule has 3 rings (SSSR count). The van der Waals surface area contributed by atoms with Gasteiger partial charge in [0.15, 0.2) is 15.9 Å². The fourth-order valence-corrected chi connectivity index (χ4v) is 4.40. The van der Waals surface area contributed by atoms with E-state index in [9.17, 15) is 13.2 Å². The van der Waals surface area contributed by atoms with Gasteiger partial charge in [-0.2, -0.15) is 0 Å². The van der Waals surface area contributed by atoms with Crippen molar-refractivity contribution < 1.29 is 17.9 Å². The minimum absolute atomic E-state index is 0.0153. The molecule has 6 heteroatoms. The Bertz CT molecular complexity index is 831. The van der Waals surface area contributed by atoms with E-state index in [2.05, 4.69) is 5.32 Å². The van der Waals surface area contributed by atoms with Crippen LogP contribution in [0.25, 0.3) is 10.8 Å². The number of ether oxygens (including phenoxy) is 1. The molecule has 1 fully saturated rings. The fourth-order valence-electron chi connectivity index (χ4n) is 2.73. The minimum Gasteiger partial charge on any atom is -0.481 e. The molecule has 1 saturated heterocycles. The summed E-state index contributed by atoms with van der Waals surface area (Å²) in [4.78, 5) is 12.1. The molecule has 5 nitrogen and oxygen atoms in total. The van der Waals surface area contributed by atoms with Crippen molar-refractivity contribution in [3.05, 3.63) is 42.5 Å². The van der Waals surface area contributed by atoms with Gasteiger partial charge in [-0.25, -0.2) is 8.42 Å². The Labute approximate surface area is 135 Å². The number of sulfone groups is 1. The standard InChI is InChI=1S/C17H19NO4S/c1-12(17(19)18-15-8-9-23(20,21)11-15)22-16-7-6-13-4-2-3-5-14(13)10-16/h2-7,10,12,15H,8-9,11H2,1H3,(H,18,19). The molecule has 0 bridgehead atoms. The van der Waals surface area contributed by atoms with Crippen molar-refractivity contribution in [1.29, 1.82) is 0 Å². The molecule has 122 valence electrons. The summed E-state index contributed by atoms with van der Waals surface area (Å²) in [5.74, 6) is 0.477. The molecule has 2 aromatic carbocycles. The lowest BCUT2D eigenvalue weighted by Gasteiger charge is -2.17. The number of benzene rings is 2. The van der Waals surface area contributed by atoms with E-state index in [1.807, 2.05) is 42.5 Å². The number of nitrogens with one attached hydrogen (secondary N) is 1. The van der Waals surface area contributed by atoms with Crippen molar-refractivity contribution >= 4 is 26.5 Å². The molecule has 2 unspecified atom stereocenters. The first-order valence-electron chi connectivity index (χ1n) is 7.59. The van der Waals surface area contributed by atoms with E-state index < -0.39 is 15.9 Å². The summed E-state index contributed by atoms with van der Waals surface area (Å²) in [6, 6.07) is 13.3. The Kier molecular flexibility index (Phi) is 4.26. The smallest absolute Gasteiger partial charge is 0.261 e. The third-order valence-electron chi connectivity index (χ3n) is 3.98. The van der Waals surface area contributed by atoms with Gasteiger partial charge in [-0.1, -0.05) is 30.3 Å². The molecule has 0 spiro atoms. The van der Waals surface area contributed by atoms with Gasteiger partial charge in [0.05, 0.1) is 11.5 Å². The molecule has 1 aliphatic rings. The zero-order chi connectivity index (χ0) is 16.4. The number of carbonyl (C=O) groups excluding carboxylic acids is 1. The first kappa shape index (κ1) is 15.8. The van der Waals surface area contributed by atoms with E-state index in [1.54, 1.807) is 6.92 Å². The molecule has 1 aliphatic heterocycles. The Morgan fingerprint density at radius 2 is 1.96 bits per heavy atom. The third-order valence-corrected chi connectivity index (χ3v) is 5.75. The fraction of sp³-hybridized carbons (Fsp3) is 0.353.